The second-order valence-corrected chi connectivity index (χ2v) is 4.58. The SMILES string of the molecule is CCNC(c1ccc(COC)o1)c1ccccc1C. The van der Waals surface area contributed by atoms with E-state index in [0.29, 0.717) is 6.61 Å². The summed E-state index contributed by atoms with van der Waals surface area (Å²) in [5.74, 6) is 1.79. The van der Waals surface area contributed by atoms with E-state index in [1.807, 2.05) is 12.1 Å². The van der Waals surface area contributed by atoms with Gasteiger partial charge in [-0.05, 0) is 36.7 Å². The predicted molar refractivity (Wildman–Crippen MR) is 76.1 cm³/mol. The van der Waals surface area contributed by atoms with Gasteiger partial charge in [-0.15, -0.1) is 0 Å². The van der Waals surface area contributed by atoms with Crippen LogP contribution in [0, 0.1) is 6.92 Å². The zero-order valence-electron chi connectivity index (χ0n) is 11.8. The molecule has 0 aliphatic heterocycles. The molecular weight excluding hydrogens is 238 g/mol. The molecule has 0 saturated carbocycles. The van der Waals surface area contributed by atoms with Crippen LogP contribution in [-0.4, -0.2) is 13.7 Å². The summed E-state index contributed by atoms with van der Waals surface area (Å²) in [6, 6.07) is 12.5. The maximum absolute atomic E-state index is 5.86. The lowest BCUT2D eigenvalue weighted by atomic mass is 9.99. The van der Waals surface area contributed by atoms with Crippen LogP contribution in [0.25, 0.3) is 0 Å². The quantitative estimate of drug-likeness (QED) is 0.863. The first-order valence-electron chi connectivity index (χ1n) is 6.62. The third-order valence-electron chi connectivity index (χ3n) is 3.16. The predicted octanol–water partition coefficient (Wildman–Crippen LogP) is 3.43. The van der Waals surface area contributed by atoms with E-state index in [0.717, 1.165) is 18.1 Å². The molecule has 0 saturated heterocycles. The van der Waals surface area contributed by atoms with E-state index < -0.39 is 0 Å². The first-order chi connectivity index (χ1) is 9.26. The molecule has 0 radical (unpaired) electrons. The number of furan rings is 1. The maximum Gasteiger partial charge on any atom is 0.129 e. The number of hydrogen-bond acceptors (Lipinski definition) is 3. The highest BCUT2D eigenvalue weighted by Gasteiger charge is 2.18. The van der Waals surface area contributed by atoms with Gasteiger partial charge >= 0.3 is 0 Å². The Labute approximate surface area is 114 Å². The van der Waals surface area contributed by atoms with Gasteiger partial charge in [0.1, 0.15) is 18.1 Å². The highest BCUT2D eigenvalue weighted by atomic mass is 16.5. The minimum absolute atomic E-state index is 0.0943. The molecule has 0 amide bonds. The van der Waals surface area contributed by atoms with Gasteiger partial charge in [-0.2, -0.15) is 0 Å². The summed E-state index contributed by atoms with van der Waals surface area (Å²) in [6.07, 6.45) is 0. The molecule has 19 heavy (non-hydrogen) atoms. The van der Waals surface area contributed by atoms with Crippen molar-refractivity contribution in [3.8, 4) is 0 Å². The van der Waals surface area contributed by atoms with E-state index in [1.165, 1.54) is 11.1 Å². The average Bonchev–Trinajstić information content (AvgIpc) is 2.86. The van der Waals surface area contributed by atoms with Gasteiger partial charge in [-0.3, -0.25) is 0 Å². The Morgan fingerprint density at radius 2 is 2.00 bits per heavy atom. The van der Waals surface area contributed by atoms with Crippen LogP contribution in [0.5, 0.6) is 0 Å². The van der Waals surface area contributed by atoms with Crippen LogP contribution in [0.3, 0.4) is 0 Å². The molecule has 1 unspecified atom stereocenters. The smallest absolute Gasteiger partial charge is 0.129 e. The molecule has 1 N–H and O–H groups in total. The average molecular weight is 259 g/mol. The molecule has 2 aromatic rings. The molecule has 0 fully saturated rings. The summed E-state index contributed by atoms with van der Waals surface area (Å²) >= 11 is 0. The lowest BCUT2D eigenvalue weighted by Crippen LogP contribution is -2.22. The third-order valence-corrected chi connectivity index (χ3v) is 3.16. The van der Waals surface area contributed by atoms with Crippen LogP contribution >= 0.6 is 0 Å². The van der Waals surface area contributed by atoms with E-state index >= 15 is 0 Å². The normalized spacial score (nSPS) is 12.6. The first-order valence-corrected chi connectivity index (χ1v) is 6.62. The minimum atomic E-state index is 0.0943. The number of benzene rings is 1. The molecule has 102 valence electrons. The highest BCUT2D eigenvalue weighted by molar-refractivity contribution is 5.33. The second-order valence-electron chi connectivity index (χ2n) is 4.58. The van der Waals surface area contributed by atoms with E-state index in [2.05, 4.69) is 43.4 Å². The van der Waals surface area contributed by atoms with Crippen LogP contribution < -0.4 is 5.32 Å². The van der Waals surface area contributed by atoms with Crippen LogP contribution in [0.1, 0.15) is 35.6 Å². The molecule has 1 aromatic carbocycles. The highest BCUT2D eigenvalue weighted by Crippen LogP contribution is 2.26. The molecule has 3 nitrogen and oxygen atoms in total. The molecule has 0 spiro atoms. The topological polar surface area (TPSA) is 34.4 Å². The van der Waals surface area contributed by atoms with Gasteiger partial charge in [-0.25, -0.2) is 0 Å². The van der Waals surface area contributed by atoms with E-state index in [1.54, 1.807) is 7.11 Å². The van der Waals surface area contributed by atoms with Crippen molar-refractivity contribution < 1.29 is 9.15 Å². The summed E-state index contributed by atoms with van der Waals surface area (Å²) in [5.41, 5.74) is 2.51. The summed E-state index contributed by atoms with van der Waals surface area (Å²) in [7, 11) is 1.67. The summed E-state index contributed by atoms with van der Waals surface area (Å²) in [4.78, 5) is 0. The van der Waals surface area contributed by atoms with Crippen LogP contribution in [0.4, 0.5) is 0 Å². The van der Waals surface area contributed by atoms with Gasteiger partial charge in [0.05, 0.1) is 6.04 Å². The van der Waals surface area contributed by atoms with Crippen molar-refractivity contribution in [3.05, 3.63) is 59.0 Å². The van der Waals surface area contributed by atoms with Gasteiger partial charge < -0.3 is 14.5 Å². The van der Waals surface area contributed by atoms with E-state index in [4.69, 9.17) is 9.15 Å². The summed E-state index contributed by atoms with van der Waals surface area (Å²) in [5, 5.41) is 3.48. The lowest BCUT2D eigenvalue weighted by Gasteiger charge is -2.18. The molecule has 2 rings (SSSR count). The fraction of sp³-hybridized carbons (Fsp3) is 0.375. The number of rotatable bonds is 6. The standard InChI is InChI=1S/C16H21NO2/c1-4-17-16(14-8-6-5-7-12(14)2)15-10-9-13(19-15)11-18-3/h5-10,16-17H,4,11H2,1-3H3. The van der Waals surface area contributed by atoms with Crippen molar-refractivity contribution in [1.82, 2.24) is 5.32 Å². The van der Waals surface area contributed by atoms with Crippen molar-refractivity contribution in [3.63, 3.8) is 0 Å². The van der Waals surface area contributed by atoms with E-state index in [-0.39, 0.29) is 6.04 Å². The van der Waals surface area contributed by atoms with Crippen LogP contribution in [0.2, 0.25) is 0 Å². The van der Waals surface area contributed by atoms with Crippen molar-refractivity contribution in [2.45, 2.75) is 26.5 Å². The number of ether oxygens (including phenoxy) is 1. The second kappa shape index (κ2) is 6.55. The van der Waals surface area contributed by atoms with Crippen LogP contribution in [0.15, 0.2) is 40.8 Å². The van der Waals surface area contributed by atoms with Gasteiger partial charge in [0.25, 0.3) is 0 Å². The molecular formula is C16H21NO2. The molecule has 1 atom stereocenters. The number of aryl methyl sites for hydroxylation is 1. The Balaban J connectivity index is 2.31. The number of nitrogens with one attached hydrogen (secondary N) is 1. The molecule has 0 aliphatic rings. The Bertz CT molecular complexity index is 519. The molecule has 0 bridgehead atoms. The molecule has 3 heteroatoms. The van der Waals surface area contributed by atoms with E-state index in [9.17, 15) is 0 Å². The molecule has 1 aromatic heterocycles. The maximum atomic E-state index is 5.86. The number of hydrogen-bond donors (Lipinski definition) is 1. The Morgan fingerprint density at radius 3 is 2.68 bits per heavy atom. The fourth-order valence-electron chi connectivity index (χ4n) is 2.25. The summed E-state index contributed by atoms with van der Waals surface area (Å²) in [6.45, 7) is 5.62. The van der Waals surface area contributed by atoms with Gasteiger partial charge in [0.2, 0.25) is 0 Å². The van der Waals surface area contributed by atoms with Crippen molar-refractivity contribution in [1.29, 1.82) is 0 Å². The first kappa shape index (κ1) is 13.8. The largest absolute Gasteiger partial charge is 0.462 e. The zero-order valence-corrected chi connectivity index (χ0v) is 11.8. The van der Waals surface area contributed by atoms with Crippen LogP contribution in [-0.2, 0) is 11.3 Å². The molecule has 1 heterocycles. The summed E-state index contributed by atoms with van der Waals surface area (Å²) < 4.78 is 11.0. The Morgan fingerprint density at radius 1 is 1.21 bits per heavy atom. The molecule has 0 aliphatic carbocycles. The minimum Gasteiger partial charge on any atom is -0.462 e. The van der Waals surface area contributed by atoms with Gasteiger partial charge in [0, 0.05) is 7.11 Å². The van der Waals surface area contributed by atoms with Gasteiger partial charge in [-0.1, -0.05) is 31.2 Å². The fourth-order valence-corrected chi connectivity index (χ4v) is 2.25. The monoisotopic (exact) mass is 259 g/mol. The Hall–Kier alpha value is -1.58. The van der Waals surface area contributed by atoms with Crippen molar-refractivity contribution in [2.75, 3.05) is 13.7 Å². The Kier molecular flexibility index (Phi) is 4.77. The third kappa shape index (κ3) is 3.25. The van der Waals surface area contributed by atoms with Gasteiger partial charge in [0.15, 0.2) is 0 Å². The zero-order chi connectivity index (χ0) is 13.7. The number of methoxy groups -OCH3 is 1. The van der Waals surface area contributed by atoms with Crippen molar-refractivity contribution in [2.24, 2.45) is 0 Å². The lowest BCUT2D eigenvalue weighted by molar-refractivity contribution is 0.162. The van der Waals surface area contributed by atoms with Crippen molar-refractivity contribution >= 4 is 0 Å².